The van der Waals surface area contributed by atoms with Gasteiger partial charge in [0, 0.05) is 27.9 Å². The van der Waals surface area contributed by atoms with Crippen LogP contribution in [0.3, 0.4) is 0 Å². The van der Waals surface area contributed by atoms with Crippen LogP contribution in [-0.4, -0.2) is 29.9 Å². The van der Waals surface area contributed by atoms with Crippen molar-refractivity contribution in [1.29, 1.82) is 0 Å². The summed E-state index contributed by atoms with van der Waals surface area (Å²) >= 11 is 19.4. The molecule has 0 unspecified atom stereocenters. The van der Waals surface area contributed by atoms with E-state index in [1.807, 2.05) is 51.1 Å². The van der Waals surface area contributed by atoms with Crippen LogP contribution >= 0.6 is 34.8 Å². The smallest absolute Gasteiger partial charge is 0.308 e. The average Bonchev–Trinajstić information content (AvgIpc) is 2.77. The summed E-state index contributed by atoms with van der Waals surface area (Å²) in [5.41, 5.74) is 5.84. The van der Waals surface area contributed by atoms with Crippen LogP contribution in [0.2, 0.25) is 15.1 Å². The molecule has 0 saturated carbocycles. The summed E-state index contributed by atoms with van der Waals surface area (Å²) in [4.78, 5) is 11.8. The summed E-state index contributed by atoms with van der Waals surface area (Å²) < 4.78 is 11.6. The highest BCUT2D eigenvalue weighted by atomic mass is 35.5. The van der Waals surface area contributed by atoms with E-state index in [9.17, 15) is 9.90 Å². The van der Waals surface area contributed by atoms with Gasteiger partial charge in [0.15, 0.2) is 0 Å². The van der Waals surface area contributed by atoms with Crippen LogP contribution in [0, 0.1) is 20.8 Å². The van der Waals surface area contributed by atoms with Crippen molar-refractivity contribution in [3.63, 3.8) is 0 Å². The molecule has 1 N–H and O–H groups in total. The highest BCUT2D eigenvalue weighted by Crippen LogP contribution is 2.43. The third-order valence-corrected chi connectivity index (χ3v) is 7.34. The second kappa shape index (κ2) is 10.8. The van der Waals surface area contributed by atoms with Crippen LogP contribution in [-0.2, 0) is 9.53 Å². The monoisotopic (exact) mass is 532 g/mol. The Bertz CT molecular complexity index is 1210. The van der Waals surface area contributed by atoms with E-state index in [1.165, 1.54) is 0 Å². The molecule has 35 heavy (non-hydrogen) atoms. The fraction of sp³-hybridized carbons (Fsp3) is 0.321. The summed E-state index contributed by atoms with van der Waals surface area (Å²) in [5.74, 6) is -0.133. The second-order valence-electron chi connectivity index (χ2n) is 9.13. The fourth-order valence-electron chi connectivity index (χ4n) is 4.51. The molecule has 1 fully saturated rings. The SMILES string of the molecule is Cc1cc(Cl)c(OC[C@@H]2C[C@@H](O)CC(=O)O2)c(C(c2ccc(Cl)c(C)c2)c2ccc(Cl)c(C)c2)c1. The van der Waals surface area contributed by atoms with Gasteiger partial charge < -0.3 is 14.6 Å². The van der Waals surface area contributed by atoms with Gasteiger partial charge in [-0.15, -0.1) is 0 Å². The van der Waals surface area contributed by atoms with Crippen molar-refractivity contribution >= 4 is 40.8 Å². The Morgan fingerprint density at radius 1 is 0.943 bits per heavy atom. The first kappa shape index (κ1) is 25.8. The van der Waals surface area contributed by atoms with E-state index >= 15 is 0 Å². The second-order valence-corrected chi connectivity index (χ2v) is 10.4. The number of hydrogen-bond donors (Lipinski definition) is 1. The van der Waals surface area contributed by atoms with Crippen molar-refractivity contribution in [2.24, 2.45) is 0 Å². The largest absolute Gasteiger partial charge is 0.488 e. The average molecular weight is 534 g/mol. The molecule has 1 aliphatic heterocycles. The maximum absolute atomic E-state index is 11.8. The number of aryl methyl sites for hydroxylation is 3. The molecule has 7 heteroatoms. The molecule has 3 aromatic rings. The summed E-state index contributed by atoms with van der Waals surface area (Å²) in [5, 5.41) is 11.8. The Kier molecular flexibility index (Phi) is 7.97. The maximum Gasteiger partial charge on any atom is 0.308 e. The van der Waals surface area contributed by atoms with Crippen LogP contribution in [0.1, 0.15) is 52.1 Å². The first-order chi connectivity index (χ1) is 16.6. The number of ether oxygens (including phenoxy) is 2. The fourth-order valence-corrected chi connectivity index (χ4v) is 5.08. The highest BCUT2D eigenvalue weighted by Gasteiger charge is 2.29. The molecule has 3 aromatic carbocycles. The zero-order valence-corrected chi connectivity index (χ0v) is 22.0. The summed E-state index contributed by atoms with van der Waals surface area (Å²) in [6.07, 6.45) is -0.966. The summed E-state index contributed by atoms with van der Waals surface area (Å²) in [7, 11) is 0. The number of hydrogen-bond acceptors (Lipinski definition) is 4. The molecule has 0 aliphatic carbocycles. The van der Waals surface area contributed by atoms with E-state index < -0.39 is 18.2 Å². The highest BCUT2D eigenvalue weighted by molar-refractivity contribution is 6.32. The third-order valence-electron chi connectivity index (χ3n) is 6.21. The molecule has 0 spiro atoms. The van der Waals surface area contributed by atoms with Crippen LogP contribution < -0.4 is 4.74 Å². The molecular weight excluding hydrogens is 507 g/mol. The minimum atomic E-state index is -0.736. The molecule has 0 aromatic heterocycles. The molecule has 184 valence electrons. The van der Waals surface area contributed by atoms with Crippen LogP contribution in [0.5, 0.6) is 5.75 Å². The van der Waals surface area contributed by atoms with Crippen molar-refractivity contribution in [3.05, 3.63) is 97.0 Å². The Morgan fingerprint density at radius 2 is 1.54 bits per heavy atom. The lowest BCUT2D eigenvalue weighted by molar-refractivity contribution is -0.162. The number of benzene rings is 3. The van der Waals surface area contributed by atoms with Gasteiger partial charge in [-0.2, -0.15) is 0 Å². The van der Waals surface area contributed by atoms with Crippen LogP contribution in [0.4, 0.5) is 0 Å². The minimum absolute atomic E-state index is 0.000940. The molecule has 4 rings (SSSR count). The van der Waals surface area contributed by atoms with E-state index in [4.69, 9.17) is 44.3 Å². The number of esters is 1. The Labute approximate surface area is 220 Å². The van der Waals surface area contributed by atoms with Crippen molar-refractivity contribution in [2.45, 2.75) is 51.7 Å². The van der Waals surface area contributed by atoms with Gasteiger partial charge >= 0.3 is 5.97 Å². The van der Waals surface area contributed by atoms with E-state index in [0.29, 0.717) is 27.2 Å². The van der Waals surface area contributed by atoms with E-state index in [-0.39, 0.29) is 18.9 Å². The number of carbonyl (C=O) groups excluding carboxylic acids is 1. The number of rotatable bonds is 6. The molecule has 2 atom stereocenters. The molecule has 1 heterocycles. The predicted octanol–water partition coefficient (Wildman–Crippen LogP) is 7.20. The first-order valence-electron chi connectivity index (χ1n) is 11.4. The minimum Gasteiger partial charge on any atom is -0.488 e. The molecule has 1 aliphatic rings. The van der Waals surface area contributed by atoms with Gasteiger partial charge in [0.05, 0.1) is 17.5 Å². The summed E-state index contributed by atoms with van der Waals surface area (Å²) in [6.45, 7) is 6.01. The number of aliphatic hydroxyl groups is 1. The predicted molar refractivity (Wildman–Crippen MR) is 140 cm³/mol. The summed E-state index contributed by atoms with van der Waals surface area (Å²) in [6, 6.07) is 15.8. The number of aliphatic hydroxyl groups excluding tert-OH is 1. The topological polar surface area (TPSA) is 55.8 Å². The van der Waals surface area contributed by atoms with Gasteiger partial charge in [0.2, 0.25) is 0 Å². The zero-order valence-electron chi connectivity index (χ0n) is 19.8. The lowest BCUT2D eigenvalue weighted by atomic mass is 9.83. The lowest BCUT2D eigenvalue weighted by Crippen LogP contribution is -2.36. The van der Waals surface area contributed by atoms with Crippen molar-refractivity contribution < 1.29 is 19.4 Å². The maximum atomic E-state index is 11.8. The van der Waals surface area contributed by atoms with E-state index in [2.05, 4.69) is 18.2 Å². The number of carbonyl (C=O) groups is 1. The quantitative estimate of drug-likeness (QED) is 0.269. The van der Waals surface area contributed by atoms with E-state index in [0.717, 1.165) is 33.4 Å². The normalized spacial score (nSPS) is 18.0. The van der Waals surface area contributed by atoms with Gasteiger partial charge in [0.25, 0.3) is 0 Å². The van der Waals surface area contributed by atoms with Gasteiger partial charge in [-0.05, 0) is 66.8 Å². The number of halogens is 3. The molecular formula is C28H27Cl3O4. The Hall–Kier alpha value is -2.24. The van der Waals surface area contributed by atoms with E-state index in [1.54, 1.807) is 0 Å². The van der Waals surface area contributed by atoms with Crippen molar-refractivity contribution in [3.8, 4) is 5.75 Å². The van der Waals surface area contributed by atoms with Crippen molar-refractivity contribution in [1.82, 2.24) is 0 Å². The Morgan fingerprint density at radius 3 is 2.09 bits per heavy atom. The van der Waals surface area contributed by atoms with Crippen LogP contribution in [0.25, 0.3) is 0 Å². The lowest BCUT2D eigenvalue weighted by Gasteiger charge is -2.28. The first-order valence-corrected chi connectivity index (χ1v) is 12.6. The Balaban J connectivity index is 1.81. The molecule has 0 radical (unpaired) electrons. The van der Waals surface area contributed by atoms with Gasteiger partial charge in [-0.3, -0.25) is 4.79 Å². The molecule has 0 amide bonds. The number of cyclic esters (lactones) is 1. The molecule has 0 bridgehead atoms. The molecule has 4 nitrogen and oxygen atoms in total. The van der Waals surface area contributed by atoms with Gasteiger partial charge in [0.1, 0.15) is 18.5 Å². The third kappa shape index (κ3) is 5.95. The standard InChI is InChI=1S/C28H27Cl3O4/c1-15-8-22(28(25(31)9-15)34-14-21-12-20(32)13-26(33)35-21)27(18-4-6-23(29)16(2)10-18)19-5-7-24(30)17(3)11-19/h4-11,20-21,27,32H,12-14H2,1-3H3/t20-,21+/m1/s1. The molecule has 1 saturated heterocycles. The van der Waals surface area contributed by atoms with Gasteiger partial charge in [-0.1, -0.05) is 65.1 Å². The van der Waals surface area contributed by atoms with Crippen LogP contribution in [0.15, 0.2) is 48.5 Å². The zero-order chi connectivity index (χ0) is 25.3. The van der Waals surface area contributed by atoms with Crippen molar-refractivity contribution in [2.75, 3.05) is 6.61 Å². The van der Waals surface area contributed by atoms with Gasteiger partial charge in [-0.25, -0.2) is 0 Å².